The molecular weight excluding hydrogens is 467 g/mol. The van der Waals surface area contributed by atoms with E-state index < -0.39 is 0 Å². The van der Waals surface area contributed by atoms with Gasteiger partial charge in [-0.15, -0.1) is 24.0 Å². The van der Waals surface area contributed by atoms with E-state index in [9.17, 15) is 0 Å². The van der Waals surface area contributed by atoms with Crippen molar-refractivity contribution in [3.8, 4) is 0 Å². The number of guanidine groups is 1. The van der Waals surface area contributed by atoms with Gasteiger partial charge < -0.3 is 20.1 Å². The van der Waals surface area contributed by atoms with Crippen molar-refractivity contribution < 1.29 is 9.47 Å². The fourth-order valence-electron chi connectivity index (χ4n) is 4.85. The Labute approximate surface area is 188 Å². The summed E-state index contributed by atoms with van der Waals surface area (Å²) in [6.45, 7) is 11.7. The van der Waals surface area contributed by atoms with Gasteiger partial charge in [0, 0.05) is 45.4 Å². The second-order valence-corrected chi connectivity index (χ2v) is 8.48. The first-order valence-electron chi connectivity index (χ1n) is 11.2. The van der Waals surface area contributed by atoms with E-state index in [0.717, 1.165) is 58.4 Å². The highest BCUT2D eigenvalue weighted by Gasteiger charge is 2.34. The van der Waals surface area contributed by atoms with Crippen molar-refractivity contribution in [3.05, 3.63) is 0 Å². The maximum atomic E-state index is 6.08. The summed E-state index contributed by atoms with van der Waals surface area (Å²) >= 11 is 0. The maximum absolute atomic E-state index is 6.08. The van der Waals surface area contributed by atoms with Crippen molar-refractivity contribution in [1.29, 1.82) is 0 Å². The Kier molecular flexibility index (Phi) is 10.8. The van der Waals surface area contributed by atoms with Gasteiger partial charge in [-0.25, -0.2) is 0 Å². The molecule has 1 aliphatic carbocycles. The minimum Gasteiger partial charge on any atom is -0.382 e. The van der Waals surface area contributed by atoms with Crippen molar-refractivity contribution in [2.45, 2.75) is 70.9 Å². The number of hydrogen-bond acceptors (Lipinski definition) is 4. The molecule has 0 aromatic rings. The summed E-state index contributed by atoms with van der Waals surface area (Å²) in [4.78, 5) is 7.57. The highest BCUT2D eigenvalue weighted by molar-refractivity contribution is 14.0. The lowest BCUT2D eigenvalue weighted by atomic mass is 9.83. The predicted molar refractivity (Wildman–Crippen MR) is 126 cm³/mol. The molecule has 2 unspecified atom stereocenters. The topological polar surface area (TPSA) is 58.1 Å². The molecule has 0 spiro atoms. The number of hydrogen-bond donors (Lipinski definition) is 2. The highest BCUT2D eigenvalue weighted by Crippen LogP contribution is 2.41. The van der Waals surface area contributed by atoms with Crippen LogP contribution in [0, 0.1) is 5.41 Å². The second kappa shape index (κ2) is 12.5. The van der Waals surface area contributed by atoms with E-state index >= 15 is 0 Å². The molecule has 3 rings (SSSR count). The van der Waals surface area contributed by atoms with Crippen molar-refractivity contribution >= 4 is 29.9 Å². The molecule has 7 heteroatoms. The summed E-state index contributed by atoms with van der Waals surface area (Å²) in [5.41, 5.74) is 0.335. The van der Waals surface area contributed by atoms with Crippen LogP contribution < -0.4 is 10.6 Å². The van der Waals surface area contributed by atoms with Crippen LogP contribution in [0.1, 0.15) is 58.8 Å². The molecule has 2 atom stereocenters. The second-order valence-electron chi connectivity index (χ2n) is 8.48. The van der Waals surface area contributed by atoms with Gasteiger partial charge in [0.05, 0.1) is 12.7 Å². The predicted octanol–water partition coefficient (Wildman–Crippen LogP) is 3.01. The molecule has 2 aliphatic heterocycles. The molecule has 164 valence electrons. The van der Waals surface area contributed by atoms with Crippen LogP contribution in [0.5, 0.6) is 0 Å². The van der Waals surface area contributed by atoms with E-state index in [-0.39, 0.29) is 30.1 Å². The van der Waals surface area contributed by atoms with Gasteiger partial charge in [-0.2, -0.15) is 0 Å². The van der Waals surface area contributed by atoms with E-state index in [2.05, 4.69) is 29.4 Å². The lowest BCUT2D eigenvalue weighted by molar-refractivity contribution is -0.0453. The molecule has 3 aliphatic rings. The zero-order chi connectivity index (χ0) is 19.0. The molecule has 0 aromatic heterocycles. The zero-order valence-corrected chi connectivity index (χ0v) is 20.2. The number of nitrogens with zero attached hydrogens (tertiary/aromatic N) is 2. The summed E-state index contributed by atoms with van der Waals surface area (Å²) in [5, 5.41) is 6.95. The molecule has 0 amide bonds. The van der Waals surface area contributed by atoms with Crippen LogP contribution in [0.3, 0.4) is 0 Å². The molecule has 3 fully saturated rings. The summed E-state index contributed by atoms with van der Waals surface area (Å²) in [7, 11) is 0. The minimum atomic E-state index is 0. The zero-order valence-electron chi connectivity index (χ0n) is 17.9. The van der Waals surface area contributed by atoms with Gasteiger partial charge in [-0.1, -0.05) is 12.8 Å². The van der Waals surface area contributed by atoms with Crippen molar-refractivity contribution in [1.82, 2.24) is 15.5 Å². The number of rotatable bonds is 9. The highest BCUT2D eigenvalue weighted by atomic mass is 127. The average Bonchev–Trinajstić information content (AvgIpc) is 3.33. The number of nitrogens with one attached hydrogen (secondary N) is 2. The Hall–Kier alpha value is -0.120. The van der Waals surface area contributed by atoms with Crippen LogP contribution in [-0.4, -0.2) is 75.5 Å². The van der Waals surface area contributed by atoms with Crippen molar-refractivity contribution in [3.63, 3.8) is 0 Å². The van der Waals surface area contributed by atoms with Gasteiger partial charge >= 0.3 is 0 Å². The molecular formula is C21H41IN4O2. The molecule has 2 heterocycles. The van der Waals surface area contributed by atoms with Crippen LogP contribution in [-0.2, 0) is 9.47 Å². The molecule has 6 nitrogen and oxygen atoms in total. The lowest BCUT2D eigenvalue weighted by Crippen LogP contribution is -2.51. The van der Waals surface area contributed by atoms with Gasteiger partial charge in [0.1, 0.15) is 0 Å². The molecule has 0 bridgehead atoms. The first-order chi connectivity index (χ1) is 13.2. The average molecular weight is 508 g/mol. The Morgan fingerprint density at radius 2 is 2.04 bits per heavy atom. The fourth-order valence-corrected chi connectivity index (χ4v) is 4.85. The molecule has 28 heavy (non-hydrogen) atoms. The van der Waals surface area contributed by atoms with E-state index in [1.807, 2.05) is 0 Å². The van der Waals surface area contributed by atoms with E-state index in [1.54, 1.807) is 0 Å². The van der Waals surface area contributed by atoms with Crippen LogP contribution in [0.25, 0.3) is 0 Å². The number of fused-ring (bicyclic) bond motifs is 1. The number of halogens is 1. The quantitative estimate of drug-likeness (QED) is 0.217. The standard InChI is InChI=1S/C21H40N4O2.HI/c1-3-22-20(23-14-19-15-25-12-7-8-18(25)16-27-19)24-17-21(9-5-6-10-21)11-13-26-4-2;/h18-19H,3-17H2,1-2H3,(H2,22,23,24);1H. The number of ether oxygens (including phenoxy) is 2. The third-order valence-corrected chi connectivity index (χ3v) is 6.52. The fraction of sp³-hybridized carbons (Fsp3) is 0.952. The van der Waals surface area contributed by atoms with E-state index in [0.29, 0.717) is 11.5 Å². The third kappa shape index (κ3) is 6.99. The van der Waals surface area contributed by atoms with Gasteiger partial charge in [0.2, 0.25) is 0 Å². The summed E-state index contributed by atoms with van der Waals surface area (Å²) in [6, 6.07) is 0.663. The van der Waals surface area contributed by atoms with Crippen molar-refractivity contribution in [2.24, 2.45) is 10.4 Å². The van der Waals surface area contributed by atoms with Gasteiger partial charge in [0.25, 0.3) is 0 Å². The largest absolute Gasteiger partial charge is 0.382 e. The Morgan fingerprint density at radius 1 is 1.21 bits per heavy atom. The molecule has 2 N–H and O–H groups in total. The van der Waals surface area contributed by atoms with Crippen molar-refractivity contribution in [2.75, 3.05) is 52.5 Å². The molecule has 0 aromatic carbocycles. The Morgan fingerprint density at radius 3 is 2.79 bits per heavy atom. The normalized spacial score (nSPS) is 27.3. The van der Waals surface area contributed by atoms with Crippen LogP contribution in [0.15, 0.2) is 4.99 Å². The summed E-state index contributed by atoms with van der Waals surface area (Å²) in [6.07, 6.45) is 9.25. The SMILES string of the molecule is CCNC(=NCC1(CCOCC)CCCC1)NCC1CN2CCCC2CO1.I. The molecule has 1 saturated carbocycles. The van der Waals surface area contributed by atoms with Crippen LogP contribution in [0.4, 0.5) is 0 Å². The Bertz CT molecular complexity index is 471. The number of aliphatic imine (C=N–C) groups is 1. The maximum Gasteiger partial charge on any atom is 0.191 e. The minimum absolute atomic E-state index is 0. The third-order valence-electron chi connectivity index (χ3n) is 6.52. The first-order valence-corrected chi connectivity index (χ1v) is 11.2. The lowest BCUT2D eigenvalue weighted by Gasteiger charge is -2.35. The summed E-state index contributed by atoms with van der Waals surface area (Å²) < 4.78 is 11.7. The smallest absolute Gasteiger partial charge is 0.191 e. The molecule has 2 saturated heterocycles. The van der Waals surface area contributed by atoms with Crippen LogP contribution in [0.2, 0.25) is 0 Å². The monoisotopic (exact) mass is 508 g/mol. The Balaban J connectivity index is 0.00000280. The van der Waals surface area contributed by atoms with Gasteiger partial charge in [-0.05, 0) is 57.9 Å². The summed E-state index contributed by atoms with van der Waals surface area (Å²) in [5.74, 6) is 0.937. The molecule has 0 radical (unpaired) electrons. The van der Waals surface area contributed by atoms with E-state index in [1.165, 1.54) is 45.1 Å². The first kappa shape index (κ1) is 24.2. The number of morpholine rings is 1. The van der Waals surface area contributed by atoms with Crippen LogP contribution >= 0.6 is 24.0 Å². The van der Waals surface area contributed by atoms with Gasteiger partial charge in [0.15, 0.2) is 5.96 Å². The van der Waals surface area contributed by atoms with E-state index in [4.69, 9.17) is 14.5 Å². The van der Waals surface area contributed by atoms with Gasteiger partial charge in [-0.3, -0.25) is 9.89 Å².